The van der Waals surface area contributed by atoms with Crippen molar-refractivity contribution in [3.63, 3.8) is 0 Å². The molecule has 2 rings (SSSR count). The summed E-state index contributed by atoms with van der Waals surface area (Å²) in [6.45, 7) is 26.2. The summed E-state index contributed by atoms with van der Waals surface area (Å²) in [5.41, 5.74) is 3.98. The molecule has 0 amide bonds. The SMILES string of the molecule is CC(C)(C)c1cc(SCCCCCCCCCCCCSc2cc(C(C)(C)C)c(O)c(C(C)(C)C)c2)cc(C(C)(C)C)c1O. The lowest BCUT2D eigenvalue weighted by Crippen LogP contribution is -2.17. The maximum Gasteiger partial charge on any atom is 0.123 e. The van der Waals surface area contributed by atoms with E-state index >= 15 is 0 Å². The van der Waals surface area contributed by atoms with E-state index in [1.807, 2.05) is 23.5 Å². The molecule has 2 aromatic carbocycles. The second-order valence-electron chi connectivity index (χ2n) is 17.0. The summed E-state index contributed by atoms with van der Waals surface area (Å²) in [5, 5.41) is 21.9. The first-order valence-corrected chi connectivity index (χ1v) is 19.2. The highest BCUT2D eigenvalue weighted by Crippen LogP contribution is 2.43. The molecule has 0 aliphatic rings. The zero-order valence-electron chi connectivity index (χ0n) is 30.5. The topological polar surface area (TPSA) is 40.5 Å². The third-order valence-corrected chi connectivity index (χ3v) is 10.6. The van der Waals surface area contributed by atoms with Crippen LogP contribution >= 0.6 is 23.5 Å². The van der Waals surface area contributed by atoms with Crippen LogP contribution in [-0.2, 0) is 21.7 Å². The van der Waals surface area contributed by atoms with Crippen molar-refractivity contribution in [3.05, 3.63) is 46.5 Å². The van der Waals surface area contributed by atoms with E-state index in [0.717, 1.165) is 33.8 Å². The minimum absolute atomic E-state index is 0.0691. The van der Waals surface area contributed by atoms with Crippen LogP contribution in [0.15, 0.2) is 34.1 Å². The lowest BCUT2D eigenvalue weighted by Gasteiger charge is -2.28. The standard InChI is InChI=1S/C40H66O2S2/c1-37(2,3)31-25-29(26-32(35(31)41)38(4,5)6)43-23-21-19-17-15-13-14-16-18-20-22-24-44-30-27-33(39(7,8)9)36(42)34(28-30)40(10,11)12/h25-28,41-42H,13-24H2,1-12H3. The van der Waals surface area contributed by atoms with E-state index in [1.165, 1.54) is 74.0 Å². The third kappa shape index (κ3) is 12.5. The molecule has 250 valence electrons. The van der Waals surface area contributed by atoms with Crippen LogP contribution in [0.5, 0.6) is 11.5 Å². The molecule has 4 heteroatoms. The number of phenols is 2. The highest BCUT2D eigenvalue weighted by molar-refractivity contribution is 7.99. The first kappa shape index (κ1) is 38.9. The molecule has 0 aliphatic heterocycles. The molecule has 0 heterocycles. The van der Waals surface area contributed by atoms with Gasteiger partial charge in [-0.2, -0.15) is 0 Å². The monoisotopic (exact) mass is 642 g/mol. The molecule has 2 N–H and O–H groups in total. The van der Waals surface area contributed by atoms with Crippen LogP contribution in [0.4, 0.5) is 0 Å². The van der Waals surface area contributed by atoms with Crippen molar-refractivity contribution in [3.8, 4) is 11.5 Å². The lowest BCUT2D eigenvalue weighted by atomic mass is 9.79. The Balaban J connectivity index is 1.62. The fraction of sp³-hybridized carbons (Fsp3) is 0.700. The Morgan fingerprint density at radius 2 is 0.591 bits per heavy atom. The van der Waals surface area contributed by atoms with Crippen molar-refractivity contribution in [2.45, 2.75) is 179 Å². The van der Waals surface area contributed by atoms with Gasteiger partial charge in [0, 0.05) is 32.0 Å². The van der Waals surface area contributed by atoms with Crippen molar-refractivity contribution in [2.24, 2.45) is 0 Å². The molecule has 44 heavy (non-hydrogen) atoms. The zero-order valence-corrected chi connectivity index (χ0v) is 32.1. The Labute approximate surface area is 281 Å². The Kier molecular flexibility index (Phi) is 14.6. The van der Waals surface area contributed by atoms with Crippen molar-refractivity contribution >= 4 is 23.5 Å². The Hall–Kier alpha value is -1.26. The summed E-state index contributed by atoms with van der Waals surface area (Å²) >= 11 is 3.90. The maximum absolute atomic E-state index is 11.0. The number of phenolic OH excluding ortho intramolecular Hbond substituents is 2. The summed E-state index contributed by atoms with van der Waals surface area (Å²) < 4.78 is 0. The molecule has 0 aliphatic carbocycles. The van der Waals surface area contributed by atoms with Crippen LogP contribution in [-0.4, -0.2) is 21.7 Å². The van der Waals surface area contributed by atoms with Crippen molar-refractivity contribution in [1.29, 1.82) is 0 Å². The summed E-state index contributed by atoms with van der Waals surface area (Å²) in [7, 11) is 0. The molecule has 0 saturated carbocycles. The Bertz CT molecular complexity index is 1010. The fourth-order valence-electron chi connectivity index (χ4n) is 5.67. The van der Waals surface area contributed by atoms with Gasteiger partial charge < -0.3 is 10.2 Å². The van der Waals surface area contributed by atoms with E-state index in [-0.39, 0.29) is 21.7 Å². The molecule has 0 saturated heterocycles. The smallest absolute Gasteiger partial charge is 0.123 e. The molecule has 0 unspecified atom stereocenters. The predicted octanol–water partition coefficient (Wildman–Crippen LogP) is 13.1. The molecule has 2 aromatic rings. The first-order valence-electron chi connectivity index (χ1n) is 17.2. The molecule has 0 aromatic heterocycles. The van der Waals surface area contributed by atoms with Gasteiger partial charge in [0.25, 0.3) is 0 Å². The number of hydrogen-bond acceptors (Lipinski definition) is 4. The van der Waals surface area contributed by atoms with Crippen LogP contribution in [0.3, 0.4) is 0 Å². The average Bonchev–Trinajstić information content (AvgIpc) is 2.87. The minimum Gasteiger partial charge on any atom is -0.507 e. The quantitative estimate of drug-likeness (QED) is 0.150. The van der Waals surface area contributed by atoms with Gasteiger partial charge in [0.1, 0.15) is 11.5 Å². The zero-order chi connectivity index (χ0) is 33.3. The van der Waals surface area contributed by atoms with E-state index in [2.05, 4.69) is 107 Å². The van der Waals surface area contributed by atoms with Crippen LogP contribution in [0.2, 0.25) is 0 Å². The number of rotatable bonds is 15. The third-order valence-electron chi connectivity index (χ3n) is 8.48. The van der Waals surface area contributed by atoms with E-state index in [4.69, 9.17) is 0 Å². The van der Waals surface area contributed by atoms with E-state index in [0.29, 0.717) is 11.5 Å². The maximum atomic E-state index is 11.0. The van der Waals surface area contributed by atoms with Gasteiger partial charge in [0.05, 0.1) is 0 Å². The number of hydrogen-bond donors (Lipinski definition) is 2. The summed E-state index contributed by atoms with van der Waals surface area (Å²) in [4.78, 5) is 2.59. The molecular formula is C40H66O2S2. The van der Waals surface area contributed by atoms with Crippen molar-refractivity contribution in [1.82, 2.24) is 0 Å². The molecular weight excluding hydrogens is 577 g/mol. The Morgan fingerprint density at radius 1 is 0.386 bits per heavy atom. The van der Waals surface area contributed by atoms with Gasteiger partial charge in [-0.25, -0.2) is 0 Å². The average molecular weight is 643 g/mol. The highest BCUT2D eigenvalue weighted by Gasteiger charge is 2.28. The number of unbranched alkanes of at least 4 members (excludes halogenated alkanes) is 9. The van der Waals surface area contributed by atoms with Gasteiger partial charge in [-0.3, -0.25) is 0 Å². The van der Waals surface area contributed by atoms with Crippen LogP contribution < -0.4 is 0 Å². The lowest BCUT2D eigenvalue weighted by molar-refractivity contribution is 0.421. The highest BCUT2D eigenvalue weighted by atomic mass is 32.2. The van der Waals surface area contributed by atoms with Crippen molar-refractivity contribution in [2.75, 3.05) is 11.5 Å². The second kappa shape index (κ2) is 16.5. The summed E-state index contributed by atoms with van der Waals surface area (Å²) in [6, 6.07) is 8.86. The van der Waals surface area contributed by atoms with Crippen LogP contribution in [0.1, 0.15) is 170 Å². The molecule has 0 bridgehead atoms. The molecule has 0 spiro atoms. The molecule has 2 nitrogen and oxygen atoms in total. The Morgan fingerprint density at radius 3 is 0.795 bits per heavy atom. The van der Waals surface area contributed by atoms with E-state index < -0.39 is 0 Å². The normalized spacial score (nSPS) is 13.1. The van der Waals surface area contributed by atoms with Crippen molar-refractivity contribution < 1.29 is 10.2 Å². The van der Waals surface area contributed by atoms with Gasteiger partial charge in [-0.05, 0) is 70.3 Å². The molecule has 0 atom stereocenters. The summed E-state index contributed by atoms with van der Waals surface area (Å²) in [5.74, 6) is 3.25. The second-order valence-corrected chi connectivity index (χ2v) is 19.3. The molecule has 0 fully saturated rings. The predicted molar refractivity (Wildman–Crippen MR) is 199 cm³/mol. The van der Waals surface area contributed by atoms with E-state index in [1.54, 1.807) is 0 Å². The van der Waals surface area contributed by atoms with Gasteiger partial charge in [0.2, 0.25) is 0 Å². The molecule has 0 radical (unpaired) electrons. The van der Waals surface area contributed by atoms with Gasteiger partial charge in [-0.15, -0.1) is 23.5 Å². The largest absolute Gasteiger partial charge is 0.507 e. The van der Waals surface area contributed by atoms with Gasteiger partial charge in [0.15, 0.2) is 0 Å². The minimum atomic E-state index is -0.0691. The van der Waals surface area contributed by atoms with E-state index in [9.17, 15) is 10.2 Å². The first-order chi connectivity index (χ1) is 20.2. The van der Waals surface area contributed by atoms with Gasteiger partial charge in [-0.1, -0.05) is 134 Å². The number of benzene rings is 2. The van der Waals surface area contributed by atoms with Gasteiger partial charge >= 0.3 is 0 Å². The number of aromatic hydroxyl groups is 2. The summed E-state index contributed by atoms with van der Waals surface area (Å²) in [6.07, 6.45) is 13.3. The fourth-order valence-corrected chi connectivity index (χ4v) is 7.64. The van der Waals surface area contributed by atoms with Crippen LogP contribution in [0.25, 0.3) is 0 Å². The number of thioether (sulfide) groups is 2. The van der Waals surface area contributed by atoms with Crippen LogP contribution in [0, 0.1) is 0 Å².